The molecule has 0 radical (unpaired) electrons. The molecule has 0 aliphatic heterocycles. The normalized spacial score (nSPS) is 14.1. The summed E-state index contributed by atoms with van der Waals surface area (Å²) in [5, 5.41) is 13.5. The highest BCUT2D eigenvalue weighted by Gasteiger charge is 2.41. The van der Waals surface area contributed by atoms with Crippen LogP contribution in [0.1, 0.15) is 41.9 Å². The van der Waals surface area contributed by atoms with Crippen LogP contribution >= 0.6 is 27.5 Å². The molecule has 0 aliphatic carbocycles. The van der Waals surface area contributed by atoms with Gasteiger partial charge >= 0.3 is 0 Å². The Morgan fingerprint density at radius 3 is 2.33 bits per heavy atom. The molecule has 0 amide bonds. The monoisotopic (exact) mass is 523 g/mol. The van der Waals surface area contributed by atoms with Gasteiger partial charge in [-0.3, -0.25) is 0 Å². The quantitative estimate of drug-likeness (QED) is 0.183. The fraction of sp³-hybridized carbons (Fsp3) is 0.250. The number of nitrogens with zero attached hydrogens (tertiary/aromatic N) is 1. The smallest absolute Gasteiger partial charge is 0.217 e. The minimum absolute atomic E-state index is 0.387. The summed E-state index contributed by atoms with van der Waals surface area (Å²) in [4.78, 5) is 4.81. The van der Waals surface area contributed by atoms with Crippen molar-refractivity contribution in [2.75, 3.05) is 13.0 Å². The summed E-state index contributed by atoms with van der Waals surface area (Å²) in [6.45, 7) is 0. The van der Waals surface area contributed by atoms with Gasteiger partial charge in [-0.05, 0) is 54.7 Å². The van der Waals surface area contributed by atoms with Crippen molar-refractivity contribution in [2.24, 2.45) is 0 Å². The van der Waals surface area contributed by atoms with E-state index in [1.807, 2.05) is 66.7 Å². The van der Waals surface area contributed by atoms with E-state index in [0.717, 1.165) is 44.9 Å². The van der Waals surface area contributed by atoms with Gasteiger partial charge in [0.05, 0.1) is 12.6 Å². The minimum Gasteiger partial charge on any atom is -0.481 e. The minimum atomic E-state index is -1.18. The van der Waals surface area contributed by atoms with Crippen molar-refractivity contribution in [2.45, 2.75) is 30.8 Å². The second-order valence-electron chi connectivity index (χ2n) is 8.20. The third kappa shape index (κ3) is 5.08. The molecule has 0 fully saturated rings. The first kappa shape index (κ1) is 23.7. The number of fused-ring (bicyclic) bond motifs is 1. The van der Waals surface area contributed by atoms with E-state index in [0.29, 0.717) is 18.2 Å². The Morgan fingerprint density at radius 1 is 0.970 bits per heavy atom. The predicted octanol–water partition coefficient (Wildman–Crippen LogP) is 7.43. The number of rotatable bonds is 9. The Hall–Kier alpha value is -2.40. The zero-order valence-corrected chi connectivity index (χ0v) is 20.9. The number of unbranched alkanes of at least 4 members (excludes halogenated alkanes) is 1. The van der Waals surface area contributed by atoms with Gasteiger partial charge < -0.3 is 9.84 Å². The fourth-order valence-electron chi connectivity index (χ4n) is 4.55. The molecular formula is C28H27BrClNO2. The molecule has 3 aromatic carbocycles. The third-order valence-electron chi connectivity index (χ3n) is 6.10. The van der Waals surface area contributed by atoms with Crippen molar-refractivity contribution >= 4 is 38.4 Å². The summed E-state index contributed by atoms with van der Waals surface area (Å²) in [6, 6.07) is 28.1. The van der Waals surface area contributed by atoms with Gasteiger partial charge in [-0.15, -0.1) is 11.6 Å². The van der Waals surface area contributed by atoms with Crippen molar-refractivity contribution < 1.29 is 9.84 Å². The van der Waals surface area contributed by atoms with E-state index < -0.39 is 5.60 Å². The van der Waals surface area contributed by atoms with Gasteiger partial charge in [-0.25, -0.2) is 4.98 Å². The van der Waals surface area contributed by atoms with E-state index in [9.17, 15) is 5.11 Å². The Kier molecular flexibility index (Phi) is 7.69. The van der Waals surface area contributed by atoms with Crippen LogP contribution in [0.2, 0.25) is 0 Å². The average molecular weight is 525 g/mol. The van der Waals surface area contributed by atoms with Crippen LogP contribution in [0, 0.1) is 0 Å². The number of alkyl halides is 1. The molecule has 3 nitrogen and oxygen atoms in total. The molecule has 2 atom stereocenters. The number of halogens is 2. The van der Waals surface area contributed by atoms with Crippen molar-refractivity contribution in [3.63, 3.8) is 0 Å². The molecular weight excluding hydrogens is 498 g/mol. The lowest BCUT2D eigenvalue weighted by atomic mass is 9.71. The highest BCUT2D eigenvalue weighted by atomic mass is 79.9. The first-order valence-corrected chi connectivity index (χ1v) is 12.4. The first-order valence-electron chi connectivity index (χ1n) is 11.1. The van der Waals surface area contributed by atoms with E-state index >= 15 is 0 Å². The summed E-state index contributed by atoms with van der Waals surface area (Å²) in [6.07, 6.45) is 2.19. The topological polar surface area (TPSA) is 42.4 Å². The van der Waals surface area contributed by atoms with Gasteiger partial charge in [0, 0.05) is 27.2 Å². The van der Waals surface area contributed by atoms with Crippen LogP contribution in [-0.4, -0.2) is 23.1 Å². The Balaban J connectivity index is 1.98. The Bertz CT molecular complexity index is 1200. The number of aliphatic hydroxyl groups is 1. The number of aromatic nitrogens is 1. The van der Waals surface area contributed by atoms with Crippen LogP contribution in [0.5, 0.6) is 5.88 Å². The highest BCUT2D eigenvalue weighted by molar-refractivity contribution is 9.10. The number of ether oxygens (including phenoxy) is 1. The lowest BCUT2D eigenvalue weighted by molar-refractivity contribution is 0.00750. The van der Waals surface area contributed by atoms with Crippen LogP contribution in [0.4, 0.5) is 0 Å². The standard InChI is InChI=1S/C28H27BrClNO2/c1-33-27-24(19-21-18-23(29)14-15-25(21)31-27)26(20-10-4-2-5-11-20)28(32,16-8-9-17-30)22-12-6-3-7-13-22/h2-7,10-15,18-19,26,32H,8-9,16-17H2,1H3. The van der Waals surface area contributed by atoms with Crippen molar-refractivity contribution in [3.05, 3.63) is 106 Å². The number of benzene rings is 3. The molecule has 1 heterocycles. The van der Waals surface area contributed by atoms with Crippen molar-refractivity contribution in [1.82, 2.24) is 4.98 Å². The lowest BCUT2D eigenvalue weighted by Crippen LogP contribution is -2.35. The molecule has 0 saturated carbocycles. The van der Waals surface area contributed by atoms with Crippen LogP contribution in [0.15, 0.2) is 89.4 Å². The second kappa shape index (κ2) is 10.7. The molecule has 2 unspecified atom stereocenters. The average Bonchev–Trinajstić information content (AvgIpc) is 2.85. The molecule has 0 bridgehead atoms. The summed E-state index contributed by atoms with van der Waals surface area (Å²) >= 11 is 9.57. The largest absolute Gasteiger partial charge is 0.481 e. The van der Waals surface area contributed by atoms with Gasteiger partial charge in [0.1, 0.15) is 5.60 Å². The van der Waals surface area contributed by atoms with E-state index in [1.165, 1.54) is 0 Å². The van der Waals surface area contributed by atoms with Gasteiger partial charge in [0.25, 0.3) is 0 Å². The van der Waals surface area contributed by atoms with Crippen LogP contribution < -0.4 is 4.74 Å². The summed E-state index contributed by atoms with van der Waals surface area (Å²) < 4.78 is 6.76. The molecule has 33 heavy (non-hydrogen) atoms. The summed E-state index contributed by atoms with van der Waals surface area (Å²) in [5.41, 5.74) is 2.39. The Labute approximate surface area is 208 Å². The molecule has 1 aromatic heterocycles. The zero-order chi connectivity index (χ0) is 23.3. The number of hydrogen-bond donors (Lipinski definition) is 1. The van der Waals surface area contributed by atoms with E-state index in [2.05, 4.69) is 34.1 Å². The van der Waals surface area contributed by atoms with Gasteiger partial charge in [-0.1, -0.05) is 76.6 Å². The predicted molar refractivity (Wildman–Crippen MR) is 139 cm³/mol. The maximum Gasteiger partial charge on any atom is 0.217 e. The SMILES string of the molecule is COc1nc2ccc(Br)cc2cc1C(c1ccccc1)C(O)(CCCCCl)c1ccccc1. The molecule has 4 aromatic rings. The summed E-state index contributed by atoms with van der Waals surface area (Å²) in [5.74, 6) is 0.697. The van der Waals surface area contributed by atoms with E-state index in [-0.39, 0.29) is 5.92 Å². The maximum atomic E-state index is 12.5. The van der Waals surface area contributed by atoms with Crippen molar-refractivity contribution in [1.29, 1.82) is 0 Å². The Morgan fingerprint density at radius 2 is 1.67 bits per heavy atom. The molecule has 0 saturated heterocycles. The van der Waals surface area contributed by atoms with E-state index in [1.54, 1.807) is 7.11 Å². The maximum absolute atomic E-state index is 12.5. The summed E-state index contributed by atoms with van der Waals surface area (Å²) in [7, 11) is 1.63. The number of pyridine rings is 1. The molecule has 4 rings (SSSR count). The van der Waals surface area contributed by atoms with Gasteiger partial charge in [0.2, 0.25) is 5.88 Å². The highest BCUT2D eigenvalue weighted by Crippen LogP contribution is 2.48. The fourth-order valence-corrected chi connectivity index (χ4v) is 5.11. The van der Waals surface area contributed by atoms with Gasteiger partial charge in [0.15, 0.2) is 0 Å². The van der Waals surface area contributed by atoms with Crippen LogP contribution in [0.3, 0.4) is 0 Å². The van der Waals surface area contributed by atoms with Gasteiger partial charge in [-0.2, -0.15) is 0 Å². The molecule has 0 spiro atoms. The third-order valence-corrected chi connectivity index (χ3v) is 6.86. The molecule has 170 valence electrons. The number of methoxy groups -OCH3 is 1. The first-order chi connectivity index (χ1) is 16.1. The van der Waals surface area contributed by atoms with E-state index in [4.69, 9.17) is 21.3 Å². The zero-order valence-electron chi connectivity index (χ0n) is 18.5. The lowest BCUT2D eigenvalue weighted by Gasteiger charge is -2.38. The van der Waals surface area contributed by atoms with Crippen molar-refractivity contribution in [3.8, 4) is 5.88 Å². The van der Waals surface area contributed by atoms with Crippen LogP contribution in [-0.2, 0) is 5.60 Å². The number of hydrogen-bond acceptors (Lipinski definition) is 3. The molecule has 1 N–H and O–H groups in total. The molecule has 5 heteroatoms. The van der Waals surface area contributed by atoms with Crippen LogP contribution in [0.25, 0.3) is 10.9 Å². The molecule has 0 aliphatic rings. The second-order valence-corrected chi connectivity index (χ2v) is 9.50.